The van der Waals surface area contributed by atoms with Gasteiger partial charge in [0, 0.05) is 12.3 Å². The van der Waals surface area contributed by atoms with E-state index < -0.39 is 10.0 Å². The molecule has 0 saturated heterocycles. The van der Waals surface area contributed by atoms with E-state index in [1.807, 2.05) is 26.0 Å². The number of anilines is 1. The fraction of sp³-hybridized carbons (Fsp3) is 0.190. The highest BCUT2D eigenvalue weighted by atomic mass is 32.2. The largest absolute Gasteiger partial charge is 0.493 e. The molecule has 0 aliphatic carbocycles. The maximum absolute atomic E-state index is 12.8. The van der Waals surface area contributed by atoms with Crippen LogP contribution in [0.1, 0.15) is 16.7 Å². The minimum Gasteiger partial charge on any atom is -0.493 e. The molecule has 28 heavy (non-hydrogen) atoms. The van der Waals surface area contributed by atoms with E-state index in [1.54, 1.807) is 49.6 Å². The molecule has 3 rings (SSSR count). The monoisotopic (exact) mass is 398 g/mol. The third kappa shape index (κ3) is 4.43. The lowest BCUT2D eigenvalue weighted by atomic mass is 10.2. The van der Waals surface area contributed by atoms with Crippen LogP contribution >= 0.6 is 0 Å². The fourth-order valence-electron chi connectivity index (χ4n) is 2.84. The number of aryl methyl sites for hydroxylation is 3. The Morgan fingerprint density at radius 2 is 1.68 bits per heavy atom. The highest BCUT2D eigenvalue weighted by Gasteiger charge is 2.18. The van der Waals surface area contributed by atoms with Crippen molar-refractivity contribution in [2.24, 2.45) is 0 Å². The summed E-state index contributed by atoms with van der Waals surface area (Å²) in [5.74, 6) is 1.44. The van der Waals surface area contributed by atoms with Crippen LogP contribution in [0.2, 0.25) is 0 Å². The van der Waals surface area contributed by atoms with Crippen LogP contribution in [0.15, 0.2) is 59.8 Å². The van der Waals surface area contributed by atoms with Gasteiger partial charge in [0.1, 0.15) is 5.75 Å². The van der Waals surface area contributed by atoms with E-state index in [2.05, 4.69) is 9.71 Å². The van der Waals surface area contributed by atoms with Gasteiger partial charge < -0.3 is 9.47 Å². The second-order valence-corrected chi connectivity index (χ2v) is 8.19. The Bertz CT molecular complexity index is 1110. The maximum atomic E-state index is 12.8. The lowest BCUT2D eigenvalue weighted by Gasteiger charge is -2.14. The van der Waals surface area contributed by atoms with Gasteiger partial charge in [-0.05, 0) is 56.2 Å². The molecular weight excluding hydrogens is 376 g/mol. The fourth-order valence-corrected chi connectivity index (χ4v) is 4.11. The average molecular weight is 398 g/mol. The van der Waals surface area contributed by atoms with Crippen molar-refractivity contribution in [3.05, 3.63) is 71.5 Å². The van der Waals surface area contributed by atoms with Crippen molar-refractivity contribution < 1.29 is 17.9 Å². The molecule has 0 atom stereocenters. The van der Waals surface area contributed by atoms with Crippen LogP contribution < -0.4 is 14.2 Å². The average Bonchev–Trinajstić information content (AvgIpc) is 2.62. The van der Waals surface area contributed by atoms with Crippen LogP contribution in [0, 0.1) is 20.8 Å². The van der Waals surface area contributed by atoms with Crippen LogP contribution in [-0.4, -0.2) is 20.5 Å². The van der Waals surface area contributed by atoms with Crippen molar-refractivity contribution in [3.8, 4) is 17.2 Å². The van der Waals surface area contributed by atoms with Gasteiger partial charge >= 0.3 is 0 Å². The molecule has 0 spiro atoms. The summed E-state index contributed by atoms with van der Waals surface area (Å²) in [5, 5.41) is 0. The summed E-state index contributed by atoms with van der Waals surface area (Å²) >= 11 is 0. The molecule has 0 unspecified atom stereocenters. The van der Waals surface area contributed by atoms with E-state index in [4.69, 9.17) is 9.47 Å². The first-order valence-electron chi connectivity index (χ1n) is 8.66. The molecule has 3 aromatic rings. The number of rotatable bonds is 6. The maximum Gasteiger partial charge on any atom is 0.262 e. The molecule has 0 aliphatic rings. The van der Waals surface area contributed by atoms with Crippen molar-refractivity contribution in [2.75, 3.05) is 11.8 Å². The number of hydrogen-bond acceptors (Lipinski definition) is 5. The predicted octanol–water partition coefficient (Wildman–Crippen LogP) is 4.61. The quantitative estimate of drug-likeness (QED) is 0.656. The zero-order valence-corrected chi connectivity index (χ0v) is 17.0. The number of ether oxygens (including phenoxy) is 2. The summed E-state index contributed by atoms with van der Waals surface area (Å²) in [7, 11) is -2.22. The molecule has 0 saturated carbocycles. The third-order valence-electron chi connectivity index (χ3n) is 4.11. The number of hydrogen-bond donors (Lipinski definition) is 1. The number of sulfonamides is 1. The number of nitrogens with one attached hydrogen (secondary N) is 1. The van der Waals surface area contributed by atoms with Gasteiger partial charge in [-0.3, -0.25) is 9.71 Å². The van der Waals surface area contributed by atoms with Crippen molar-refractivity contribution in [1.29, 1.82) is 0 Å². The van der Waals surface area contributed by atoms with Crippen LogP contribution in [-0.2, 0) is 10.0 Å². The Morgan fingerprint density at radius 3 is 2.36 bits per heavy atom. The summed E-state index contributed by atoms with van der Waals surface area (Å²) < 4.78 is 39.3. The lowest BCUT2D eigenvalue weighted by molar-refractivity contribution is 0.378. The zero-order chi connectivity index (χ0) is 20.3. The first-order valence-corrected chi connectivity index (χ1v) is 10.1. The molecule has 0 radical (unpaired) electrons. The Kier molecular flexibility index (Phi) is 5.56. The van der Waals surface area contributed by atoms with Crippen LogP contribution in [0.25, 0.3) is 0 Å². The van der Waals surface area contributed by atoms with Crippen LogP contribution in [0.4, 0.5) is 5.69 Å². The predicted molar refractivity (Wildman–Crippen MR) is 109 cm³/mol. The summed E-state index contributed by atoms with van der Waals surface area (Å²) in [6.07, 6.45) is 3.33. The van der Waals surface area contributed by atoms with Crippen LogP contribution in [0.3, 0.4) is 0 Å². The minimum atomic E-state index is -3.72. The molecule has 1 heterocycles. The Morgan fingerprint density at radius 1 is 0.893 bits per heavy atom. The van der Waals surface area contributed by atoms with Gasteiger partial charge in [-0.1, -0.05) is 17.7 Å². The Labute approximate surface area is 165 Å². The molecule has 0 aliphatic heterocycles. The van der Waals surface area contributed by atoms with Gasteiger partial charge in [-0.2, -0.15) is 0 Å². The van der Waals surface area contributed by atoms with Crippen molar-refractivity contribution in [1.82, 2.24) is 4.98 Å². The highest BCUT2D eigenvalue weighted by molar-refractivity contribution is 7.92. The summed E-state index contributed by atoms with van der Waals surface area (Å²) in [6.45, 7) is 5.61. The van der Waals surface area contributed by atoms with Crippen molar-refractivity contribution in [2.45, 2.75) is 25.7 Å². The smallest absolute Gasteiger partial charge is 0.262 e. The molecule has 0 fully saturated rings. The van der Waals surface area contributed by atoms with Gasteiger partial charge in [-0.15, -0.1) is 0 Å². The molecule has 7 heteroatoms. The first-order chi connectivity index (χ1) is 13.3. The second kappa shape index (κ2) is 7.90. The zero-order valence-electron chi connectivity index (χ0n) is 16.2. The van der Waals surface area contributed by atoms with Crippen molar-refractivity contribution >= 4 is 15.7 Å². The second-order valence-electron chi connectivity index (χ2n) is 6.54. The van der Waals surface area contributed by atoms with E-state index in [0.29, 0.717) is 28.5 Å². The highest BCUT2D eigenvalue weighted by Crippen LogP contribution is 2.34. The minimum absolute atomic E-state index is 0.239. The molecule has 6 nitrogen and oxygen atoms in total. The topological polar surface area (TPSA) is 77.5 Å². The number of benzene rings is 2. The van der Waals surface area contributed by atoms with E-state index in [0.717, 1.165) is 11.1 Å². The number of aromatic nitrogens is 1. The molecule has 0 amide bonds. The standard InChI is InChI=1S/C21H22N2O4S/c1-14-5-8-21(16(3)9-14)28(24,25)23-17-6-7-19(20(11-17)26-4)27-18-10-15(2)12-22-13-18/h5-13,23H,1-4H3. The van der Waals surface area contributed by atoms with E-state index in [-0.39, 0.29) is 4.90 Å². The van der Waals surface area contributed by atoms with E-state index in [1.165, 1.54) is 7.11 Å². The van der Waals surface area contributed by atoms with Gasteiger partial charge in [0.05, 0.1) is 23.9 Å². The number of pyridine rings is 1. The molecule has 1 N–H and O–H groups in total. The lowest BCUT2D eigenvalue weighted by Crippen LogP contribution is -2.14. The SMILES string of the molecule is COc1cc(NS(=O)(=O)c2ccc(C)cc2C)ccc1Oc1cncc(C)c1. The number of methoxy groups -OCH3 is 1. The Balaban J connectivity index is 1.87. The summed E-state index contributed by atoms with van der Waals surface area (Å²) in [5.41, 5.74) is 3.04. The molecule has 146 valence electrons. The Hall–Kier alpha value is -3.06. The van der Waals surface area contributed by atoms with Gasteiger partial charge in [0.25, 0.3) is 10.0 Å². The van der Waals surface area contributed by atoms with Crippen LogP contribution in [0.5, 0.6) is 17.2 Å². The molecule has 0 bridgehead atoms. The first kappa shape index (κ1) is 19.7. The van der Waals surface area contributed by atoms with Gasteiger partial charge in [0.2, 0.25) is 0 Å². The number of nitrogens with zero attached hydrogens (tertiary/aromatic N) is 1. The molecular formula is C21H22N2O4S. The van der Waals surface area contributed by atoms with Crippen molar-refractivity contribution in [3.63, 3.8) is 0 Å². The van der Waals surface area contributed by atoms with E-state index >= 15 is 0 Å². The third-order valence-corrected chi connectivity index (χ3v) is 5.65. The van der Waals surface area contributed by atoms with Gasteiger partial charge in [0.15, 0.2) is 11.5 Å². The van der Waals surface area contributed by atoms with E-state index in [9.17, 15) is 8.42 Å². The normalized spacial score (nSPS) is 11.1. The molecule has 1 aromatic heterocycles. The molecule has 2 aromatic carbocycles. The summed E-state index contributed by atoms with van der Waals surface area (Å²) in [6, 6.07) is 11.9. The van der Waals surface area contributed by atoms with Gasteiger partial charge in [-0.25, -0.2) is 8.42 Å². The summed E-state index contributed by atoms with van der Waals surface area (Å²) in [4.78, 5) is 4.33.